The summed E-state index contributed by atoms with van der Waals surface area (Å²) in [5, 5.41) is 15.7. The Balaban J connectivity index is 1.62. The van der Waals surface area contributed by atoms with Crippen molar-refractivity contribution in [2.75, 3.05) is 11.4 Å². The average Bonchev–Trinajstić information content (AvgIpc) is 3.14. The predicted molar refractivity (Wildman–Crippen MR) is 84.0 cm³/mol. The Morgan fingerprint density at radius 2 is 1.96 bits per heavy atom. The molecule has 4 rings (SSSR count). The number of carbonyl (C=O) groups is 2. The van der Waals surface area contributed by atoms with Gasteiger partial charge in [-0.3, -0.25) is 19.7 Å². The van der Waals surface area contributed by atoms with Gasteiger partial charge < -0.3 is 10.2 Å². The largest absolute Gasteiger partial charge is 0.361 e. The molecule has 0 fully saturated rings. The van der Waals surface area contributed by atoms with Crippen LogP contribution in [0.4, 0.5) is 10.7 Å². The van der Waals surface area contributed by atoms with Crippen LogP contribution < -0.4 is 10.2 Å². The van der Waals surface area contributed by atoms with E-state index in [1.54, 1.807) is 10.3 Å². The number of allylic oxidation sites excluding steroid dienone is 2. The van der Waals surface area contributed by atoms with Crippen LogP contribution in [0.2, 0.25) is 0 Å². The zero-order valence-electron chi connectivity index (χ0n) is 12.1. The fourth-order valence-corrected chi connectivity index (χ4v) is 4.01. The van der Waals surface area contributed by atoms with E-state index in [0.717, 1.165) is 34.7 Å². The number of hydrogen-bond acceptors (Lipinski definition) is 6. The van der Waals surface area contributed by atoms with Crippen molar-refractivity contribution in [2.24, 2.45) is 0 Å². The number of ketones is 1. The number of nitro groups is 1. The van der Waals surface area contributed by atoms with Crippen molar-refractivity contribution in [3.8, 4) is 0 Å². The minimum atomic E-state index is -0.455. The Kier molecular flexibility index (Phi) is 3.08. The van der Waals surface area contributed by atoms with Crippen LogP contribution >= 0.6 is 11.3 Å². The highest BCUT2D eigenvalue weighted by Gasteiger charge is 2.36. The summed E-state index contributed by atoms with van der Waals surface area (Å²) < 4.78 is 0. The van der Waals surface area contributed by atoms with Crippen molar-refractivity contribution < 1.29 is 14.5 Å². The molecule has 118 valence electrons. The Morgan fingerprint density at radius 1 is 1.17 bits per heavy atom. The van der Waals surface area contributed by atoms with Gasteiger partial charge >= 0.3 is 5.00 Å². The van der Waals surface area contributed by atoms with Crippen LogP contribution in [-0.4, -0.2) is 23.2 Å². The highest BCUT2D eigenvalue weighted by Crippen LogP contribution is 2.38. The molecule has 3 heterocycles. The summed E-state index contributed by atoms with van der Waals surface area (Å²) in [5.41, 5.74) is 3.73. The van der Waals surface area contributed by atoms with E-state index in [1.165, 1.54) is 6.07 Å². The average molecular weight is 331 g/mol. The molecule has 0 saturated heterocycles. The van der Waals surface area contributed by atoms with Crippen LogP contribution in [-0.2, 0) is 9.59 Å². The molecule has 8 heteroatoms. The Labute approximate surface area is 135 Å². The molecule has 3 aliphatic rings. The van der Waals surface area contributed by atoms with E-state index in [-0.39, 0.29) is 16.7 Å². The fourth-order valence-electron chi connectivity index (χ4n) is 3.30. The molecule has 0 spiro atoms. The molecule has 2 aliphatic heterocycles. The minimum Gasteiger partial charge on any atom is -0.361 e. The second-order valence-electron chi connectivity index (χ2n) is 5.75. The van der Waals surface area contributed by atoms with Crippen LogP contribution in [0.15, 0.2) is 34.0 Å². The lowest BCUT2D eigenvalue weighted by Gasteiger charge is -2.33. The lowest BCUT2D eigenvalue weighted by atomic mass is 9.93. The molecule has 0 saturated carbocycles. The zero-order chi connectivity index (χ0) is 16.1. The summed E-state index contributed by atoms with van der Waals surface area (Å²) in [7, 11) is 0. The molecule has 1 amide bonds. The molecule has 0 radical (unpaired) electrons. The third-order valence-corrected chi connectivity index (χ3v) is 5.34. The molecule has 1 aromatic heterocycles. The van der Waals surface area contributed by atoms with Crippen molar-refractivity contribution in [3.63, 3.8) is 0 Å². The Hall–Kier alpha value is -2.48. The van der Waals surface area contributed by atoms with Gasteiger partial charge in [-0.05, 0) is 6.42 Å². The lowest BCUT2D eigenvalue weighted by molar-refractivity contribution is -0.380. The van der Waals surface area contributed by atoms with E-state index in [9.17, 15) is 19.7 Å². The molecule has 1 aliphatic carbocycles. The van der Waals surface area contributed by atoms with Gasteiger partial charge in [0.25, 0.3) is 5.91 Å². The summed E-state index contributed by atoms with van der Waals surface area (Å²) in [5.74, 6) is -0.0622. The summed E-state index contributed by atoms with van der Waals surface area (Å²) in [4.78, 5) is 36.6. The number of nitrogens with zero attached hydrogens (tertiary/aromatic N) is 2. The van der Waals surface area contributed by atoms with Gasteiger partial charge in [-0.25, -0.2) is 0 Å². The van der Waals surface area contributed by atoms with E-state index in [2.05, 4.69) is 5.32 Å². The number of anilines is 1. The van der Waals surface area contributed by atoms with Crippen LogP contribution in [0.25, 0.3) is 0 Å². The van der Waals surface area contributed by atoms with Gasteiger partial charge in [-0.15, -0.1) is 0 Å². The number of nitrogens with one attached hydrogen (secondary N) is 1. The third-order valence-electron chi connectivity index (χ3n) is 4.47. The Morgan fingerprint density at radius 3 is 2.70 bits per heavy atom. The molecule has 0 unspecified atom stereocenters. The summed E-state index contributed by atoms with van der Waals surface area (Å²) in [6.45, 7) is 0.481. The molecular weight excluding hydrogens is 318 g/mol. The summed E-state index contributed by atoms with van der Waals surface area (Å²) >= 11 is 1.01. The van der Waals surface area contributed by atoms with Crippen LogP contribution in [0.1, 0.15) is 25.7 Å². The minimum absolute atomic E-state index is 0.0188. The lowest BCUT2D eigenvalue weighted by Crippen LogP contribution is -2.41. The fraction of sp³-hybridized carbons (Fsp3) is 0.333. The quantitative estimate of drug-likeness (QED) is 0.663. The van der Waals surface area contributed by atoms with Gasteiger partial charge in [0, 0.05) is 53.7 Å². The first kappa shape index (κ1) is 14.1. The molecule has 7 nitrogen and oxygen atoms in total. The summed E-state index contributed by atoms with van der Waals surface area (Å²) in [6.07, 6.45) is 2.26. The van der Waals surface area contributed by atoms with Gasteiger partial charge in [0.2, 0.25) is 0 Å². The van der Waals surface area contributed by atoms with Crippen LogP contribution in [0.3, 0.4) is 0 Å². The van der Waals surface area contributed by atoms with E-state index < -0.39 is 4.92 Å². The molecule has 0 bridgehead atoms. The monoisotopic (exact) mass is 331 g/mol. The molecule has 23 heavy (non-hydrogen) atoms. The van der Waals surface area contributed by atoms with Gasteiger partial charge in [0.05, 0.1) is 16.7 Å². The second kappa shape index (κ2) is 5.02. The molecule has 1 N–H and O–H groups in total. The maximum atomic E-state index is 12.8. The molecule has 0 aromatic carbocycles. The topological polar surface area (TPSA) is 92.6 Å². The first-order chi connectivity index (χ1) is 11.0. The first-order valence-electron chi connectivity index (χ1n) is 7.33. The molecule has 0 atom stereocenters. The Bertz CT molecular complexity index is 820. The standard InChI is InChI=1S/C15H13N3O4S/c19-13-2-1-11-9(13)6-10-12(16-11)3-4-17(15(10)20)8-5-14(18(21)22)23-7-8/h5,7,16H,1-4,6H2. The number of rotatable bonds is 2. The maximum Gasteiger partial charge on any atom is 0.326 e. The van der Waals surface area contributed by atoms with Crippen molar-refractivity contribution in [3.05, 3.63) is 44.1 Å². The SMILES string of the molecule is O=C1CCC2=C1CC1=C(CCN(c3csc([N+](=O)[O-])c3)C1=O)N2. The van der Waals surface area contributed by atoms with Gasteiger partial charge in [0.1, 0.15) is 0 Å². The summed E-state index contributed by atoms with van der Waals surface area (Å²) in [6, 6.07) is 1.43. The highest BCUT2D eigenvalue weighted by atomic mass is 32.1. The van der Waals surface area contributed by atoms with E-state index in [4.69, 9.17) is 0 Å². The normalized spacial score (nSPS) is 20.6. The number of Topliss-reactive ketones (excluding diaryl/α,β-unsaturated/α-hetero) is 1. The van der Waals surface area contributed by atoms with E-state index >= 15 is 0 Å². The van der Waals surface area contributed by atoms with Gasteiger partial charge in [0.15, 0.2) is 5.78 Å². The van der Waals surface area contributed by atoms with E-state index in [1.807, 2.05) is 0 Å². The molecule has 1 aromatic rings. The second-order valence-corrected chi connectivity index (χ2v) is 6.64. The van der Waals surface area contributed by atoms with Gasteiger partial charge in [-0.1, -0.05) is 11.3 Å². The van der Waals surface area contributed by atoms with E-state index in [0.29, 0.717) is 37.1 Å². The first-order valence-corrected chi connectivity index (χ1v) is 8.21. The van der Waals surface area contributed by atoms with Crippen molar-refractivity contribution in [1.82, 2.24) is 5.32 Å². The maximum absolute atomic E-state index is 12.8. The van der Waals surface area contributed by atoms with Crippen LogP contribution in [0, 0.1) is 10.1 Å². The number of dihydropyridines is 1. The molecular formula is C15H13N3O4S. The smallest absolute Gasteiger partial charge is 0.326 e. The van der Waals surface area contributed by atoms with Crippen molar-refractivity contribution >= 4 is 33.7 Å². The third kappa shape index (κ3) is 2.17. The number of thiophene rings is 1. The van der Waals surface area contributed by atoms with Crippen molar-refractivity contribution in [1.29, 1.82) is 0 Å². The van der Waals surface area contributed by atoms with Gasteiger partial charge in [-0.2, -0.15) is 0 Å². The number of hydrogen-bond donors (Lipinski definition) is 1. The number of amides is 1. The predicted octanol–water partition coefficient (Wildman–Crippen LogP) is 2.26. The van der Waals surface area contributed by atoms with Crippen molar-refractivity contribution in [2.45, 2.75) is 25.7 Å². The zero-order valence-corrected chi connectivity index (χ0v) is 12.9. The highest BCUT2D eigenvalue weighted by molar-refractivity contribution is 7.13. The van der Waals surface area contributed by atoms with Crippen LogP contribution in [0.5, 0.6) is 0 Å². The number of carbonyl (C=O) groups excluding carboxylic acids is 2.